The van der Waals surface area contributed by atoms with Crippen molar-refractivity contribution in [2.24, 2.45) is 5.10 Å². The summed E-state index contributed by atoms with van der Waals surface area (Å²) in [6.07, 6.45) is 1.61. The second-order valence-corrected chi connectivity index (χ2v) is 11.9. The lowest BCUT2D eigenvalue weighted by Crippen LogP contribution is -2.20. The minimum absolute atomic E-state index is 0.275. The third-order valence-electron chi connectivity index (χ3n) is 7.36. The Kier molecular flexibility index (Phi) is 7.99. The summed E-state index contributed by atoms with van der Waals surface area (Å²) in [5.74, 6) is 1.91. The van der Waals surface area contributed by atoms with Gasteiger partial charge in [-0.05, 0) is 99.9 Å². The summed E-state index contributed by atoms with van der Waals surface area (Å²) in [6.45, 7) is 2.76. The zero-order valence-electron chi connectivity index (χ0n) is 24.0. The number of halogens is 2. The second-order valence-electron chi connectivity index (χ2n) is 10.3. The molecule has 0 saturated heterocycles. The molecule has 0 aliphatic heterocycles. The third kappa shape index (κ3) is 5.79. The maximum absolute atomic E-state index is 13.7. The molecule has 0 fully saturated rings. The molecule has 0 N–H and O–H groups in total. The van der Waals surface area contributed by atoms with Crippen LogP contribution in [0.5, 0.6) is 11.5 Å². The van der Waals surface area contributed by atoms with Crippen molar-refractivity contribution in [3.05, 3.63) is 133 Å². The topological polar surface area (TPSA) is 78.9 Å². The smallest absolute Gasteiger partial charge is 0.282 e. The highest BCUT2D eigenvalue weighted by Crippen LogP contribution is 2.35. The normalized spacial score (nSPS) is 11.6. The summed E-state index contributed by atoms with van der Waals surface area (Å²) in [4.78, 5) is 18.5. The van der Waals surface area contributed by atoms with Gasteiger partial charge in [-0.25, -0.2) is 4.98 Å². The maximum atomic E-state index is 13.7. The van der Waals surface area contributed by atoms with Crippen LogP contribution in [0.2, 0.25) is 5.02 Å². The lowest BCUT2D eigenvalue weighted by Gasteiger charge is -2.15. The number of benzene rings is 5. The van der Waals surface area contributed by atoms with Crippen LogP contribution in [0, 0.1) is 3.57 Å². The van der Waals surface area contributed by atoms with E-state index >= 15 is 0 Å². The van der Waals surface area contributed by atoms with Crippen LogP contribution in [0.25, 0.3) is 44.2 Å². The van der Waals surface area contributed by atoms with Crippen LogP contribution in [0.4, 0.5) is 0 Å². The van der Waals surface area contributed by atoms with Crippen molar-refractivity contribution >= 4 is 73.1 Å². The minimum Gasteiger partial charge on any atom is -0.490 e. The lowest BCUT2D eigenvalue weighted by molar-refractivity contribution is 0.268. The first-order valence-electron chi connectivity index (χ1n) is 14.3. The summed E-state index contributed by atoms with van der Waals surface area (Å²) in [6, 6.07) is 32.6. The molecule has 5 aromatic carbocycles. The summed E-state index contributed by atoms with van der Waals surface area (Å²) in [7, 11) is 0. The zero-order valence-corrected chi connectivity index (χ0v) is 27.0. The number of rotatable bonds is 8. The van der Waals surface area contributed by atoms with Crippen LogP contribution in [0.1, 0.15) is 18.1 Å². The van der Waals surface area contributed by atoms with E-state index < -0.39 is 0 Å². The average Bonchev–Trinajstić information content (AvgIpc) is 3.47. The number of ether oxygens (including phenoxy) is 2. The van der Waals surface area contributed by atoms with Gasteiger partial charge in [-0.1, -0.05) is 66.2 Å². The Morgan fingerprint density at radius 3 is 2.58 bits per heavy atom. The molecule has 45 heavy (non-hydrogen) atoms. The molecule has 0 saturated carbocycles. The number of hydrogen-bond donors (Lipinski definition) is 0. The van der Waals surface area contributed by atoms with Gasteiger partial charge >= 0.3 is 0 Å². The molecule has 7 aromatic rings. The monoisotopic (exact) mass is 725 g/mol. The molecule has 9 heteroatoms. The van der Waals surface area contributed by atoms with E-state index in [1.807, 2.05) is 49.4 Å². The molecule has 0 aliphatic carbocycles. The van der Waals surface area contributed by atoms with E-state index in [9.17, 15) is 4.79 Å². The van der Waals surface area contributed by atoms with Crippen molar-refractivity contribution in [1.82, 2.24) is 9.66 Å². The Morgan fingerprint density at radius 2 is 1.71 bits per heavy atom. The molecule has 0 aliphatic rings. The van der Waals surface area contributed by atoms with Crippen molar-refractivity contribution in [2.75, 3.05) is 6.61 Å². The van der Waals surface area contributed by atoms with Gasteiger partial charge in [-0.2, -0.15) is 9.78 Å². The van der Waals surface area contributed by atoms with Crippen LogP contribution >= 0.6 is 34.2 Å². The van der Waals surface area contributed by atoms with E-state index in [-0.39, 0.29) is 11.4 Å². The van der Waals surface area contributed by atoms with E-state index in [4.69, 9.17) is 30.5 Å². The molecule has 7 nitrogen and oxygen atoms in total. The molecule has 0 atom stereocenters. The lowest BCUT2D eigenvalue weighted by atomic mass is 10.1. The van der Waals surface area contributed by atoms with Gasteiger partial charge in [0.1, 0.15) is 12.2 Å². The van der Waals surface area contributed by atoms with Crippen LogP contribution in [-0.4, -0.2) is 22.5 Å². The SMILES string of the molecule is CCOc1cc(C=Nn2c(-c3cc4cc(Cl)ccc4o3)nc3ccccc3c2=O)cc(I)c1OCc1cccc2ccccc12. The zero-order chi connectivity index (χ0) is 30.9. The highest BCUT2D eigenvalue weighted by molar-refractivity contribution is 14.1. The third-order valence-corrected chi connectivity index (χ3v) is 8.39. The van der Waals surface area contributed by atoms with Gasteiger partial charge in [0.2, 0.25) is 5.82 Å². The van der Waals surface area contributed by atoms with E-state index in [2.05, 4.69) is 52.0 Å². The van der Waals surface area contributed by atoms with Crippen molar-refractivity contribution in [2.45, 2.75) is 13.5 Å². The predicted octanol–water partition coefficient (Wildman–Crippen LogP) is 9.08. The summed E-state index contributed by atoms with van der Waals surface area (Å²) in [5.41, 5.74) is 2.66. The summed E-state index contributed by atoms with van der Waals surface area (Å²) >= 11 is 8.44. The molecule has 0 radical (unpaired) electrons. The highest BCUT2D eigenvalue weighted by Gasteiger charge is 2.18. The molecular weight excluding hydrogens is 701 g/mol. The van der Waals surface area contributed by atoms with Crippen LogP contribution < -0.4 is 15.0 Å². The Bertz CT molecular complexity index is 2310. The van der Waals surface area contributed by atoms with Gasteiger partial charge in [0.15, 0.2) is 17.3 Å². The van der Waals surface area contributed by atoms with Gasteiger partial charge < -0.3 is 13.9 Å². The maximum Gasteiger partial charge on any atom is 0.282 e. The van der Waals surface area contributed by atoms with Crippen molar-refractivity contribution in [3.63, 3.8) is 0 Å². The Labute approximate surface area is 276 Å². The molecule has 7 rings (SSSR count). The van der Waals surface area contributed by atoms with Crippen LogP contribution in [-0.2, 0) is 6.61 Å². The number of para-hydroxylation sites is 1. The summed E-state index contributed by atoms with van der Waals surface area (Å²) < 4.78 is 20.6. The minimum atomic E-state index is -0.319. The molecule has 0 unspecified atom stereocenters. The number of furan rings is 1. The molecule has 0 bridgehead atoms. The number of aromatic nitrogens is 2. The van der Waals surface area contributed by atoms with Crippen molar-refractivity contribution in [3.8, 4) is 23.1 Å². The van der Waals surface area contributed by atoms with Crippen molar-refractivity contribution < 1.29 is 13.9 Å². The van der Waals surface area contributed by atoms with Gasteiger partial charge in [0.25, 0.3) is 5.56 Å². The number of nitrogens with zero attached hydrogens (tertiary/aromatic N) is 3. The van der Waals surface area contributed by atoms with E-state index in [1.54, 1.807) is 42.6 Å². The Balaban J connectivity index is 1.27. The molecule has 0 amide bonds. The van der Waals surface area contributed by atoms with Crippen molar-refractivity contribution in [1.29, 1.82) is 0 Å². The average molecular weight is 726 g/mol. The van der Waals surface area contributed by atoms with Crippen LogP contribution in [0.3, 0.4) is 0 Å². The fourth-order valence-corrected chi connectivity index (χ4v) is 6.23. The highest BCUT2D eigenvalue weighted by atomic mass is 127. The van der Waals surface area contributed by atoms with Crippen LogP contribution in [0.15, 0.2) is 117 Å². The van der Waals surface area contributed by atoms with E-state index in [0.717, 1.165) is 30.9 Å². The Hall–Kier alpha value is -4.67. The van der Waals surface area contributed by atoms with Gasteiger partial charge in [0.05, 0.1) is 27.3 Å². The largest absolute Gasteiger partial charge is 0.490 e. The molecule has 2 heterocycles. The van der Waals surface area contributed by atoms with E-state index in [1.165, 1.54) is 4.68 Å². The fourth-order valence-electron chi connectivity index (χ4n) is 5.27. The predicted molar refractivity (Wildman–Crippen MR) is 188 cm³/mol. The van der Waals surface area contributed by atoms with Gasteiger partial charge in [-0.3, -0.25) is 4.79 Å². The molecule has 0 spiro atoms. The molecule has 2 aromatic heterocycles. The quantitative estimate of drug-likeness (QED) is 0.115. The first-order valence-corrected chi connectivity index (χ1v) is 15.8. The first-order chi connectivity index (χ1) is 22.0. The second kappa shape index (κ2) is 12.4. The number of hydrogen-bond acceptors (Lipinski definition) is 6. The Morgan fingerprint density at radius 1 is 0.911 bits per heavy atom. The standard InChI is InChI=1S/C36H25ClIN3O4/c1-2-43-32-17-22(16-29(38)34(32)44-21-24-10-7-9-23-8-3-4-11-27(23)24)20-39-41-35(40-30-13-6-5-12-28(30)36(41)42)33-19-25-18-26(37)14-15-31(25)45-33/h3-20H,2,21H2,1H3. The first kappa shape index (κ1) is 29.1. The summed E-state index contributed by atoms with van der Waals surface area (Å²) in [5, 5.41) is 8.75. The number of fused-ring (bicyclic) bond motifs is 3. The van der Waals surface area contributed by atoms with E-state index in [0.29, 0.717) is 52.0 Å². The fraction of sp³-hybridized carbons (Fsp3) is 0.0833. The molecule has 222 valence electrons. The molecular formula is C36H25ClIN3O4. The van der Waals surface area contributed by atoms with Gasteiger partial charge in [0, 0.05) is 10.4 Å². The van der Waals surface area contributed by atoms with Gasteiger partial charge in [-0.15, -0.1) is 0 Å².